The molecule has 1 unspecified atom stereocenters. The van der Waals surface area contributed by atoms with E-state index in [-0.39, 0.29) is 23.3 Å². The summed E-state index contributed by atoms with van der Waals surface area (Å²) in [6, 6.07) is 0. The van der Waals surface area contributed by atoms with Crippen LogP contribution < -0.4 is 0 Å². The molecule has 23 heavy (non-hydrogen) atoms. The zero-order valence-electron chi connectivity index (χ0n) is 13.2. The van der Waals surface area contributed by atoms with Crippen molar-refractivity contribution in [3.8, 4) is 0 Å². The molecule has 7 nitrogen and oxygen atoms in total. The molecule has 0 radical (unpaired) electrons. The molecule has 1 aromatic rings. The number of carbonyl (C=O) groups excluding carboxylic acids is 2. The highest BCUT2D eigenvalue weighted by atomic mass is 16.5. The van der Waals surface area contributed by atoms with Gasteiger partial charge in [-0.05, 0) is 25.2 Å². The number of H-pyrrole nitrogens is 1. The Morgan fingerprint density at radius 3 is 2.78 bits per heavy atom. The van der Waals surface area contributed by atoms with Crippen molar-refractivity contribution in [2.24, 2.45) is 5.92 Å². The zero-order chi connectivity index (χ0) is 15.9. The van der Waals surface area contributed by atoms with Crippen LogP contribution in [0.3, 0.4) is 0 Å². The van der Waals surface area contributed by atoms with E-state index in [0.717, 1.165) is 32.4 Å². The van der Waals surface area contributed by atoms with Crippen LogP contribution in [0.5, 0.6) is 0 Å². The van der Waals surface area contributed by atoms with Crippen LogP contribution in [0.15, 0.2) is 12.4 Å². The maximum Gasteiger partial charge on any atom is 0.257 e. The molecule has 3 aliphatic heterocycles. The van der Waals surface area contributed by atoms with Crippen molar-refractivity contribution in [2.45, 2.75) is 31.3 Å². The van der Waals surface area contributed by atoms with E-state index in [1.54, 1.807) is 17.3 Å². The van der Waals surface area contributed by atoms with E-state index in [2.05, 4.69) is 10.2 Å². The maximum absolute atomic E-state index is 12.2. The van der Waals surface area contributed by atoms with Gasteiger partial charge in [0.25, 0.3) is 5.91 Å². The topological polar surface area (TPSA) is 78.5 Å². The highest BCUT2D eigenvalue weighted by Crippen LogP contribution is 2.39. The fourth-order valence-electron chi connectivity index (χ4n) is 3.98. The van der Waals surface area contributed by atoms with Gasteiger partial charge in [0, 0.05) is 25.7 Å². The minimum absolute atomic E-state index is 0.00966. The molecule has 0 aromatic carbocycles. The molecule has 0 aliphatic carbocycles. The van der Waals surface area contributed by atoms with Crippen molar-refractivity contribution >= 4 is 11.8 Å². The number of ether oxygens (including phenoxy) is 1. The number of rotatable bonds is 3. The second-order valence-electron chi connectivity index (χ2n) is 7.00. The van der Waals surface area contributed by atoms with E-state index >= 15 is 0 Å². The van der Waals surface area contributed by atoms with Crippen LogP contribution >= 0.6 is 0 Å². The Labute approximate surface area is 135 Å². The average molecular weight is 318 g/mol. The third-order valence-electron chi connectivity index (χ3n) is 5.20. The fraction of sp³-hybridized carbons (Fsp3) is 0.688. The number of carbonyl (C=O) groups is 2. The molecule has 3 aliphatic rings. The molecule has 7 heteroatoms. The van der Waals surface area contributed by atoms with Crippen LogP contribution in [-0.4, -0.2) is 70.2 Å². The van der Waals surface area contributed by atoms with Crippen molar-refractivity contribution in [1.82, 2.24) is 20.0 Å². The van der Waals surface area contributed by atoms with Crippen LogP contribution in [0.2, 0.25) is 0 Å². The van der Waals surface area contributed by atoms with Crippen LogP contribution in [0.4, 0.5) is 0 Å². The van der Waals surface area contributed by atoms with E-state index < -0.39 is 0 Å². The highest BCUT2D eigenvalue weighted by Gasteiger charge is 2.51. The standard InChI is InChI=1S/C16H22N4O3/c21-14(19-3-1-2-4-19)5-12-6-16(23-9-12)10-20(11-16)15(22)13-7-17-18-8-13/h7-8,12H,1-6,9-11H2,(H,17,18). The van der Waals surface area contributed by atoms with E-state index in [0.29, 0.717) is 31.7 Å². The smallest absolute Gasteiger partial charge is 0.257 e. The molecular weight excluding hydrogens is 296 g/mol. The molecular formula is C16H22N4O3. The molecule has 4 rings (SSSR count). The number of hydrogen-bond acceptors (Lipinski definition) is 4. The van der Waals surface area contributed by atoms with Crippen molar-refractivity contribution in [3.63, 3.8) is 0 Å². The number of amides is 2. The van der Waals surface area contributed by atoms with Crippen LogP contribution in [0.1, 0.15) is 36.0 Å². The Balaban J connectivity index is 1.28. The third-order valence-corrected chi connectivity index (χ3v) is 5.20. The van der Waals surface area contributed by atoms with Crippen molar-refractivity contribution in [1.29, 1.82) is 0 Å². The van der Waals surface area contributed by atoms with Crippen LogP contribution in [0, 0.1) is 5.92 Å². The minimum Gasteiger partial charge on any atom is -0.371 e. The summed E-state index contributed by atoms with van der Waals surface area (Å²) in [6.07, 6.45) is 6.86. The maximum atomic E-state index is 12.2. The van der Waals surface area contributed by atoms with Gasteiger partial charge >= 0.3 is 0 Å². The van der Waals surface area contributed by atoms with E-state index in [9.17, 15) is 9.59 Å². The molecule has 1 aromatic heterocycles. The normalized spacial score (nSPS) is 25.8. The summed E-state index contributed by atoms with van der Waals surface area (Å²) in [4.78, 5) is 28.2. The second kappa shape index (κ2) is 5.63. The third kappa shape index (κ3) is 2.73. The van der Waals surface area contributed by atoms with Gasteiger partial charge in [0.05, 0.1) is 31.5 Å². The van der Waals surface area contributed by atoms with Crippen LogP contribution in [0.25, 0.3) is 0 Å². The van der Waals surface area contributed by atoms with Crippen LogP contribution in [-0.2, 0) is 9.53 Å². The Hall–Kier alpha value is -1.89. The first-order valence-electron chi connectivity index (χ1n) is 8.35. The Bertz CT molecular complexity index is 588. The molecule has 0 saturated carbocycles. The first kappa shape index (κ1) is 14.7. The quantitative estimate of drug-likeness (QED) is 0.888. The first-order valence-corrected chi connectivity index (χ1v) is 8.35. The summed E-state index contributed by atoms with van der Waals surface area (Å²) in [7, 11) is 0. The Morgan fingerprint density at radius 1 is 1.30 bits per heavy atom. The lowest BCUT2D eigenvalue weighted by Crippen LogP contribution is -2.63. The van der Waals surface area contributed by atoms with Crippen molar-refractivity contribution < 1.29 is 14.3 Å². The predicted octanol–water partition coefficient (Wildman–Crippen LogP) is 0.653. The number of hydrogen-bond donors (Lipinski definition) is 1. The molecule has 4 heterocycles. The SMILES string of the molecule is O=C(CC1COC2(C1)CN(C(=O)c1cn[nH]c1)C2)N1CCCC1. The molecule has 1 atom stereocenters. The van der Waals surface area contributed by atoms with Gasteiger partial charge in [-0.1, -0.05) is 0 Å². The van der Waals surface area contributed by atoms with Gasteiger partial charge in [-0.3, -0.25) is 14.7 Å². The van der Waals surface area contributed by atoms with Gasteiger partial charge in [-0.2, -0.15) is 5.10 Å². The lowest BCUT2D eigenvalue weighted by atomic mass is 9.85. The van der Waals surface area contributed by atoms with E-state index in [1.165, 1.54) is 0 Å². The monoisotopic (exact) mass is 318 g/mol. The summed E-state index contributed by atoms with van der Waals surface area (Å²) >= 11 is 0. The van der Waals surface area contributed by atoms with Crippen molar-refractivity contribution in [3.05, 3.63) is 18.0 Å². The first-order chi connectivity index (χ1) is 11.2. The van der Waals surface area contributed by atoms with E-state index in [1.807, 2.05) is 4.90 Å². The van der Waals surface area contributed by atoms with Gasteiger partial charge in [-0.15, -0.1) is 0 Å². The number of nitrogens with one attached hydrogen (secondary N) is 1. The lowest BCUT2D eigenvalue weighted by molar-refractivity contribution is -0.131. The number of nitrogens with zero attached hydrogens (tertiary/aromatic N) is 3. The molecule has 1 spiro atoms. The molecule has 124 valence electrons. The molecule has 2 amide bonds. The van der Waals surface area contributed by atoms with Gasteiger partial charge in [0.1, 0.15) is 5.60 Å². The summed E-state index contributed by atoms with van der Waals surface area (Å²) in [5.74, 6) is 0.539. The average Bonchev–Trinajstić information content (AvgIpc) is 3.25. The molecule has 3 fully saturated rings. The van der Waals surface area contributed by atoms with Gasteiger partial charge in [0.15, 0.2) is 0 Å². The summed E-state index contributed by atoms with van der Waals surface area (Å²) < 4.78 is 5.96. The largest absolute Gasteiger partial charge is 0.371 e. The fourth-order valence-corrected chi connectivity index (χ4v) is 3.98. The molecule has 1 N–H and O–H groups in total. The number of aromatic nitrogens is 2. The molecule has 3 saturated heterocycles. The Morgan fingerprint density at radius 2 is 2.09 bits per heavy atom. The molecule has 0 bridgehead atoms. The van der Waals surface area contributed by atoms with Gasteiger partial charge in [0.2, 0.25) is 5.91 Å². The summed E-state index contributed by atoms with van der Waals surface area (Å²) in [5.41, 5.74) is 0.355. The summed E-state index contributed by atoms with van der Waals surface area (Å²) in [6.45, 7) is 3.68. The minimum atomic E-state index is -0.227. The highest BCUT2D eigenvalue weighted by molar-refractivity contribution is 5.94. The zero-order valence-corrected chi connectivity index (χ0v) is 13.2. The lowest BCUT2D eigenvalue weighted by Gasteiger charge is -2.47. The number of aromatic amines is 1. The van der Waals surface area contributed by atoms with Gasteiger partial charge in [-0.25, -0.2) is 0 Å². The predicted molar refractivity (Wildman–Crippen MR) is 81.7 cm³/mol. The second-order valence-corrected chi connectivity index (χ2v) is 7.00. The number of likely N-dealkylation sites (tertiary alicyclic amines) is 2. The van der Waals surface area contributed by atoms with E-state index in [4.69, 9.17) is 4.74 Å². The Kier molecular flexibility index (Phi) is 3.60. The summed E-state index contributed by atoms with van der Waals surface area (Å²) in [5, 5.41) is 6.47. The van der Waals surface area contributed by atoms with Crippen molar-refractivity contribution in [2.75, 3.05) is 32.8 Å². The van der Waals surface area contributed by atoms with Gasteiger partial charge < -0.3 is 14.5 Å².